The molecule has 0 bridgehead atoms. The molecule has 0 nitrogen and oxygen atoms in total. The Labute approximate surface area is 96.7 Å². The highest BCUT2D eigenvalue weighted by molar-refractivity contribution is 9.10. The van der Waals surface area contributed by atoms with Crippen molar-refractivity contribution < 1.29 is 0 Å². The maximum atomic E-state index is 5.89. The Morgan fingerprint density at radius 1 is 1.00 bits per heavy atom. The summed E-state index contributed by atoms with van der Waals surface area (Å²) in [4.78, 5) is 0. The smallest absolute Gasteiger partial charge is 0.0418 e. The maximum absolute atomic E-state index is 5.89. The molecule has 0 saturated heterocycles. The van der Waals surface area contributed by atoms with Gasteiger partial charge in [0.25, 0.3) is 0 Å². The number of hydrogen-bond donors (Lipinski definition) is 0. The Morgan fingerprint density at radius 3 is 2.36 bits per heavy atom. The Balaban J connectivity index is 2.44. The minimum atomic E-state index is 0.713. The minimum Gasteiger partial charge on any atom is -0.0843 e. The van der Waals surface area contributed by atoms with E-state index in [0.717, 1.165) is 15.6 Å². The van der Waals surface area contributed by atoms with Crippen LogP contribution in [0.15, 0.2) is 46.9 Å². The van der Waals surface area contributed by atoms with E-state index in [2.05, 4.69) is 22.0 Å². The molecular weight excluding hydrogens is 259 g/mol. The Hall–Kier alpha value is -0.790. The van der Waals surface area contributed by atoms with Gasteiger partial charge in [0, 0.05) is 9.50 Å². The van der Waals surface area contributed by atoms with Crippen LogP contribution in [0.25, 0.3) is 11.1 Å². The molecule has 2 aromatic carbocycles. The predicted octanol–water partition coefficient (Wildman–Crippen LogP) is 4.57. The predicted molar refractivity (Wildman–Crippen MR) is 63.4 cm³/mol. The summed E-state index contributed by atoms with van der Waals surface area (Å²) in [5.41, 5.74) is 2.23. The Morgan fingerprint density at radius 2 is 1.71 bits per heavy atom. The summed E-state index contributed by atoms with van der Waals surface area (Å²) in [6.45, 7) is 0. The van der Waals surface area contributed by atoms with Gasteiger partial charge in [0.1, 0.15) is 0 Å². The molecule has 1 radical (unpaired) electrons. The van der Waals surface area contributed by atoms with Crippen molar-refractivity contribution in [2.24, 2.45) is 0 Å². The second-order valence-corrected chi connectivity index (χ2v) is 4.30. The highest BCUT2D eigenvalue weighted by Gasteiger charge is 1.97. The zero-order valence-corrected chi connectivity index (χ0v) is 9.64. The maximum Gasteiger partial charge on any atom is 0.0418 e. The van der Waals surface area contributed by atoms with Gasteiger partial charge < -0.3 is 0 Å². The largest absolute Gasteiger partial charge is 0.0843 e. The number of hydrogen-bond acceptors (Lipinski definition) is 0. The monoisotopic (exact) mass is 265 g/mol. The summed E-state index contributed by atoms with van der Waals surface area (Å²) in [6, 6.07) is 16.7. The van der Waals surface area contributed by atoms with Gasteiger partial charge in [-0.3, -0.25) is 0 Å². The van der Waals surface area contributed by atoms with E-state index in [9.17, 15) is 0 Å². The average Bonchev–Trinajstić information content (AvgIpc) is 2.19. The van der Waals surface area contributed by atoms with Crippen LogP contribution < -0.4 is 0 Å². The fraction of sp³-hybridized carbons (Fsp3) is 0. The molecule has 0 atom stereocenters. The number of rotatable bonds is 1. The van der Waals surface area contributed by atoms with Gasteiger partial charge in [-0.25, -0.2) is 0 Å². The van der Waals surface area contributed by atoms with Crippen LogP contribution >= 0.6 is 27.5 Å². The van der Waals surface area contributed by atoms with E-state index >= 15 is 0 Å². The second-order valence-electron chi connectivity index (χ2n) is 2.95. The lowest BCUT2D eigenvalue weighted by atomic mass is 10.1. The Kier molecular flexibility index (Phi) is 2.90. The molecule has 0 aliphatic heterocycles. The van der Waals surface area contributed by atoms with Crippen molar-refractivity contribution in [3.05, 3.63) is 58.0 Å². The fourth-order valence-electron chi connectivity index (χ4n) is 1.25. The molecule has 0 aromatic heterocycles. The first-order valence-corrected chi connectivity index (χ1v) is 5.35. The van der Waals surface area contributed by atoms with Gasteiger partial charge in [-0.05, 0) is 47.5 Å². The highest BCUT2D eigenvalue weighted by atomic mass is 79.9. The van der Waals surface area contributed by atoms with Crippen LogP contribution in [0, 0.1) is 6.07 Å². The topological polar surface area (TPSA) is 0 Å². The molecule has 69 valence electrons. The minimum absolute atomic E-state index is 0.713. The molecule has 0 unspecified atom stereocenters. The van der Waals surface area contributed by atoms with E-state index in [0.29, 0.717) is 5.02 Å². The normalized spacial score (nSPS) is 10.1. The van der Waals surface area contributed by atoms with Crippen LogP contribution in [0.5, 0.6) is 0 Å². The summed E-state index contributed by atoms with van der Waals surface area (Å²) in [7, 11) is 0. The SMILES string of the molecule is Clc1c[c]cc(-c2ccc(Br)cc2)c1. The summed E-state index contributed by atoms with van der Waals surface area (Å²) >= 11 is 9.28. The lowest BCUT2D eigenvalue weighted by molar-refractivity contribution is 1.59. The van der Waals surface area contributed by atoms with Crippen molar-refractivity contribution in [3.8, 4) is 11.1 Å². The van der Waals surface area contributed by atoms with E-state index in [-0.39, 0.29) is 0 Å². The van der Waals surface area contributed by atoms with Crippen molar-refractivity contribution in [2.75, 3.05) is 0 Å². The molecule has 0 aliphatic carbocycles. The molecular formula is C12H7BrCl. The first-order chi connectivity index (χ1) is 6.75. The third-order valence-electron chi connectivity index (χ3n) is 1.93. The summed E-state index contributed by atoms with van der Waals surface area (Å²) < 4.78 is 1.08. The summed E-state index contributed by atoms with van der Waals surface area (Å²) in [5, 5.41) is 0.713. The fourth-order valence-corrected chi connectivity index (χ4v) is 1.70. The molecule has 0 amide bonds. The van der Waals surface area contributed by atoms with E-state index in [4.69, 9.17) is 11.6 Å². The standard InChI is InChI=1S/C12H7BrCl/c13-11-6-4-9(5-7-11)10-2-1-3-12(14)8-10/h2-8H. The number of benzene rings is 2. The first kappa shape index (κ1) is 9.75. The van der Waals surface area contributed by atoms with E-state index in [1.807, 2.05) is 36.4 Å². The molecule has 0 aliphatic rings. The van der Waals surface area contributed by atoms with Crippen LogP contribution in [-0.4, -0.2) is 0 Å². The summed E-state index contributed by atoms with van der Waals surface area (Å²) in [5.74, 6) is 0. The molecule has 0 N–H and O–H groups in total. The number of halogens is 2. The molecule has 2 rings (SSSR count). The van der Waals surface area contributed by atoms with Crippen molar-refractivity contribution in [1.29, 1.82) is 0 Å². The Bertz CT molecular complexity index is 434. The van der Waals surface area contributed by atoms with E-state index < -0.39 is 0 Å². The quantitative estimate of drug-likeness (QED) is 0.709. The molecule has 0 saturated carbocycles. The van der Waals surface area contributed by atoms with Gasteiger partial charge >= 0.3 is 0 Å². The van der Waals surface area contributed by atoms with Crippen LogP contribution in [0.3, 0.4) is 0 Å². The van der Waals surface area contributed by atoms with E-state index in [1.165, 1.54) is 0 Å². The van der Waals surface area contributed by atoms with E-state index in [1.54, 1.807) is 6.07 Å². The average molecular weight is 267 g/mol. The highest BCUT2D eigenvalue weighted by Crippen LogP contribution is 2.23. The van der Waals surface area contributed by atoms with Crippen LogP contribution in [-0.2, 0) is 0 Å². The lowest BCUT2D eigenvalue weighted by Gasteiger charge is -2.01. The third kappa shape index (κ3) is 2.17. The van der Waals surface area contributed by atoms with Gasteiger partial charge in [-0.1, -0.05) is 39.7 Å². The lowest BCUT2D eigenvalue weighted by Crippen LogP contribution is -1.76. The van der Waals surface area contributed by atoms with Gasteiger partial charge in [0.15, 0.2) is 0 Å². The molecule has 0 heterocycles. The van der Waals surface area contributed by atoms with Crippen molar-refractivity contribution >= 4 is 27.5 Å². The summed E-state index contributed by atoms with van der Waals surface area (Å²) in [6.07, 6.45) is 0. The van der Waals surface area contributed by atoms with Gasteiger partial charge in [-0.2, -0.15) is 0 Å². The van der Waals surface area contributed by atoms with Crippen LogP contribution in [0.1, 0.15) is 0 Å². The zero-order valence-electron chi connectivity index (χ0n) is 7.30. The van der Waals surface area contributed by atoms with Crippen LogP contribution in [0.2, 0.25) is 5.02 Å². The molecule has 0 spiro atoms. The van der Waals surface area contributed by atoms with Gasteiger partial charge in [-0.15, -0.1) is 0 Å². The van der Waals surface area contributed by atoms with Crippen molar-refractivity contribution in [1.82, 2.24) is 0 Å². The van der Waals surface area contributed by atoms with Gasteiger partial charge in [0.05, 0.1) is 0 Å². The first-order valence-electron chi connectivity index (χ1n) is 4.18. The molecule has 14 heavy (non-hydrogen) atoms. The zero-order chi connectivity index (χ0) is 9.97. The second kappa shape index (κ2) is 4.16. The van der Waals surface area contributed by atoms with Gasteiger partial charge in [0.2, 0.25) is 0 Å². The van der Waals surface area contributed by atoms with Crippen molar-refractivity contribution in [3.63, 3.8) is 0 Å². The molecule has 2 aromatic rings. The molecule has 0 fully saturated rings. The van der Waals surface area contributed by atoms with Crippen LogP contribution in [0.4, 0.5) is 0 Å². The van der Waals surface area contributed by atoms with Crippen molar-refractivity contribution in [2.45, 2.75) is 0 Å². The third-order valence-corrected chi connectivity index (χ3v) is 2.68. The molecule has 2 heteroatoms.